The predicted octanol–water partition coefficient (Wildman–Crippen LogP) is 1.68. The Hall–Kier alpha value is -1.97. The maximum Gasteiger partial charge on any atom is 0.402 e. The van der Waals surface area contributed by atoms with Crippen molar-refractivity contribution in [1.29, 1.82) is 0 Å². The number of anilines is 1. The standard InChI is InChI=1S/C18H26N4O/c1-15-6-5-7-16(14-15)19-18(22-10-12-23-13-11-22)20-17-8-3-4-9-21(17)2/h5-7,14H,3-4,8-13H2,1-2H3/p+1. The molecule has 2 aliphatic heterocycles. The highest BCUT2D eigenvalue weighted by atomic mass is 16.5. The summed E-state index contributed by atoms with van der Waals surface area (Å²) < 4.78 is 10.5. The number of aryl methyl sites for hydroxylation is 1. The lowest BCUT2D eigenvalue weighted by Gasteiger charge is -2.25. The first kappa shape index (κ1) is 15.9. The van der Waals surface area contributed by atoms with Gasteiger partial charge in [0, 0.05) is 13.5 Å². The Morgan fingerprint density at radius 1 is 1.17 bits per heavy atom. The summed E-state index contributed by atoms with van der Waals surface area (Å²) in [5, 5.41) is 3.53. The molecule has 2 fully saturated rings. The van der Waals surface area contributed by atoms with E-state index in [0.717, 1.165) is 50.9 Å². The molecule has 3 rings (SSSR count). The molecule has 124 valence electrons. The van der Waals surface area contributed by atoms with Crippen LogP contribution in [0.25, 0.3) is 0 Å². The van der Waals surface area contributed by atoms with Gasteiger partial charge in [-0.05, 0) is 37.5 Å². The van der Waals surface area contributed by atoms with Crippen molar-refractivity contribution in [2.75, 3.05) is 45.2 Å². The van der Waals surface area contributed by atoms with Gasteiger partial charge in [-0.25, -0.2) is 4.67 Å². The van der Waals surface area contributed by atoms with Crippen LogP contribution >= 0.6 is 0 Å². The van der Waals surface area contributed by atoms with Crippen LogP contribution in [0.15, 0.2) is 24.3 Å². The maximum absolute atomic E-state index is 5.49. The quantitative estimate of drug-likeness (QED) is 0.486. The van der Waals surface area contributed by atoms with Crippen LogP contribution in [0.1, 0.15) is 24.8 Å². The van der Waals surface area contributed by atoms with Crippen molar-refractivity contribution in [3.63, 3.8) is 0 Å². The Morgan fingerprint density at radius 3 is 2.74 bits per heavy atom. The van der Waals surface area contributed by atoms with Crippen LogP contribution < -0.4 is 9.98 Å². The highest BCUT2D eigenvalue weighted by Crippen LogP contribution is 2.11. The normalized spacial score (nSPS) is 18.6. The lowest BCUT2D eigenvalue weighted by Crippen LogP contribution is -2.46. The van der Waals surface area contributed by atoms with Crippen molar-refractivity contribution in [3.8, 4) is 0 Å². The van der Waals surface area contributed by atoms with Gasteiger partial charge in [0.2, 0.25) is 0 Å². The first-order valence-corrected chi connectivity index (χ1v) is 8.54. The molecule has 1 N–H and O–H groups in total. The second kappa shape index (κ2) is 7.53. The van der Waals surface area contributed by atoms with E-state index in [4.69, 9.17) is 9.40 Å². The van der Waals surface area contributed by atoms with Crippen LogP contribution in [-0.4, -0.2) is 61.5 Å². The van der Waals surface area contributed by atoms with Gasteiger partial charge in [0.15, 0.2) is 0 Å². The molecular formula is C18H27N4O+. The lowest BCUT2D eigenvalue weighted by atomic mass is 10.1. The molecule has 1 aromatic carbocycles. The van der Waals surface area contributed by atoms with Crippen molar-refractivity contribution in [2.45, 2.75) is 26.2 Å². The summed E-state index contributed by atoms with van der Waals surface area (Å²) in [7, 11) is 2.14. The van der Waals surface area contributed by atoms with Crippen LogP contribution in [0.5, 0.6) is 0 Å². The number of nitrogens with zero attached hydrogens (tertiary/aromatic N) is 3. The third-order valence-corrected chi connectivity index (χ3v) is 4.40. The van der Waals surface area contributed by atoms with Gasteiger partial charge in [-0.3, -0.25) is 10.2 Å². The highest BCUT2D eigenvalue weighted by Gasteiger charge is 2.24. The number of morpholine rings is 1. The van der Waals surface area contributed by atoms with Gasteiger partial charge < -0.3 is 9.64 Å². The van der Waals surface area contributed by atoms with E-state index in [2.05, 4.69) is 53.4 Å². The molecule has 0 radical (unpaired) electrons. The summed E-state index contributed by atoms with van der Waals surface area (Å²) in [6.07, 6.45) is 3.54. The summed E-state index contributed by atoms with van der Waals surface area (Å²) >= 11 is 0. The van der Waals surface area contributed by atoms with Gasteiger partial charge in [-0.15, -0.1) is 0 Å². The number of benzene rings is 1. The van der Waals surface area contributed by atoms with Gasteiger partial charge in [0.05, 0.1) is 38.5 Å². The number of ether oxygens (including phenoxy) is 1. The number of rotatable bonds is 1. The Labute approximate surface area is 138 Å². The molecule has 1 aromatic rings. The van der Waals surface area contributed by atoms with Crippen molar-refractivity contribution < 1.29 is 4.74 Å². The Kier molecular flexibility index (Phi) is 5.21. The third-order valence-electron chi connectivity index (χ3n) is 4.40. The summed E-state index contributed by atoms with van der Waals surface area (Å²) in [5.41, 5.74) is 2.34. The van der Waals surface area contributed by atoms with Gasteiger partial charge in [-0.2, -0.15) is 0 Å². The SMILES string of the molecule is Cc1cccc(NC(=[N+]=C2CCCCN2C)N2CCOCC2)c1. The number of nitrogens with one attached hydrogen (secondary N) is 1. The predicted molar refractivity (Wildman–Crippen MR) is 95.8 cm³/mol. The van der Waals surface area contributed by atoms with Crippen molar-refractivity contribution in [3.05, 3.63) is 29.8 Å². The van der Waals surface area contributed by atoms with E-state index in [1.54, 1.807) is 0 Å². The minimum atomic E-state index is 0.764. The molecule has 0 atom stereocenters. The molecule has 0 bridgehead atoms. The Morgan fingerprint density at radius 2 is 2.00 bits per heavy atom. The highest BCUT2D eigenvalue weighted by molar-refractivity contribution is 5.97. The number of hydrogen-bond donors (Lipinski definition) is 1. The average molecular weight is 315 g/mol. The first-order valence-electron chi connectivity index (χ1n) is 8.54. The molecule has 0 aliphatic carbocycles. The molecule has 0 unspecified atom stereocenters. The minimum absolute atomic E-state index is 0.764. The summed E-state index contributed by atoms with van der Waals surface area (Å²) in [6, 6.07) is 8.44. The van der Waals surface area contributed by atoms with E-state index in [1.807, 2.05) is 0 Å². The van der Waals surface area contributed by atoms with Crippen LogP contribution in [0.2, 0.25) is 0 Å². The summed E-state index contributed by atoms with van der Waals surface area (Å²) in [6.45, 7) is 6.50. The number of guanidine groups is 1. The number of hydrogen-bond acceptors (Lipinski definition) is 1. The van der Waals surface area contributed by atoms with Crippen molar-refractivity contribution in [2.24, 2.45) is 0 Å². The van der Waals surface area contributed by atoms with Gasteiger partial charge in [0.1, 0.15) is 0 Å². The van der Waals surface area contributed by atoms with E-state index in [1.165, 1.54) is 24.2 Å². The fourth-order valence-electron chi connectivity index (χ4n) is 3.02. The lowest BCUT2D eigenvalue weighted by molar-refractivity contribution is 0.0679. The second-order valence-electron chi connectivity index (χ2n) is 6.32. The van der Waals surface area contributed by atoms with Gasteiger partial charge in [0.25, 0.3) is 5.84 Å². The van der Waals surface area contributed by atoms with Crippen LogP contribution in [0, 0.1) is 6.92 Å². The van der Waals surface area contributed by atoms with E-state index < -0.39 is 0 Å². The van der Waals surface area contributed by atoms with E-state index in [-0.39, 0.29) is 0 Å². The third kappa shape index (κ3) is 4.27. The number of amidine groups is 1. The van der Waals surface area contributed by atoms with Gasteiger partial charge in [-0.1, -0.05) is 12.1 Å². The van der Waals surface area contributed by atoms with Crippen LogP contribution in [0.4, 0.5) is 5.69 Å². The Bertz CT molecular complexity index is 601. The minimum Gasteiger partial charge on any atom is -0.376 e. The largest absolute Gasteiger partial charge is 0.402 e. The van der Waals surface area contributed by atoms with E-state index in [0.29, 0.717) is 0 Å². The van der Waals surface area contributed by atoms with Crippen molar-refractivity contribution in [1.82, 2.24) is 14.5 Å². The smallest absolute Gasteiger partial charge is 0.376 e. The van der Waals surface area contributed by atoms with Crippen molar-refractivity contribution >= 4 is 17.5 Å². The average Bonchev–Trinajstić information content (AvgIpc) is 2.57. The molecule has 0 spiro atoms. The molecule has 0 amide bonds. The fourth-order valence-corrected chi connectivity index (χ4v) is 3.02. The summed E-state index contributed by atoms with van der Waals surface area (Å²) in [4.78, 5) is 4.57. The number of piperidine rings is 1. The molecule has 5 heteroatoms. The molecule has 2 heterocycles. The zero-order valence-electron chi connectivity index (χ0n) is 14.2. The first-order chi connectivity index (χ1) is 11.2. The number of likely N-dealkylation sites (tertiary alicyclic amines) is 1. The van der Waals surface area contributed by atoms with E-state index in [9.17, 15) is 0 Å². The Balaban J connectivity index is 1.91. The second-order valence-corrected chi connectivity index (χ2v) is 6.32. The van der Waals surface area contributed by atoms with E-state index >= 15 is 0 Å². The molecule has 0 aromatic heterocycles. The molecule has 0 saturated carbocycles. The summed E-state index contributed by atoms with van der Waals surface area (Å²) in [5.74, 6) is 2.13. The molecule has 2 aliphatic rings. The molecular weight excluding hydrogens is 288 g/mol. The zero-order valence-corrected chi connectivity index (χ0v) is 14.2. The van der Waals surface area contributed by atoms with Crippen LogP contribution in [0.3, 0.4) is 0 Å². The van der Waals surface area contributed by atoms with Gasteiger partial charge >= 0.3 is 5.96 Å². The fraction of sp³-hybridized carbons (Fsp3) is 0.556. The molecule has 2 saturated heterocycles. The zero-order chi connectivity index (χ0) is 16.1. The topological polar surface area (TPSA) is 41.8 Å². The van der Waals surface area contributed by atoms with Crippen LogP contribution in [-0.2, 0) is 4.74 Å². The maximum atomic E-state index is 5.49. The monoisotopic (exact) mass is 315 g/mol. The molecule has 23 heavy (non-hydrogen) atoms. The molecule has 5 nitrogen and oxygen atoms in total.